The number of aliphatic carboxylic acids is 1. The zero-order chi connectivity index (χ0) is 19.5. The first-order valence-corrected chi connectivity index (χ1v) is 8.03. The van der Waals surface area contributed by atoms with Crippen LogP contribution in [-0.4, -0.2) is 48.1 Å². The summed E-state index contributed by atoms with van der Waals surface area (Å²) in [5, 5.41) is 15.4. The number of benzene rings is 1. The predicted molar refractivity (Wildman–Crippen MR) is 92.0 cm³/mol. The van der Waals surface area contributed by atoms with E-state index in [0.29, 0.717) is 0 Å². The van der Waals surface area contributed by atoms with E-state index in [4.69, 9.17) is 9.84 Å². The molecule has 0 aliphatic carbocycles. The van der Waals surface area contributed by atoms with Crippen molar-refractivity contribution in [2.75, 3.05) is 13.1 Å². The lowest BCUT2D eigenvalue weighted by atomic mass is 10.0. The van der Waals surface area contributed by atoms with E-state index in [-0.39, 0.29) is 12.5 Å². The molecule has 26 heavy (non-hydrogen) atoms. The summed E-state index contributed by atoms with van der Waals surface area (Å²) in [6, 6.07) is 8.18. The van der Waals surface area contributed by atoms with Gasteiger partial charge in [0, 0.05) is 0 Å². The summed E-state index contributed by atoms with van der Waals surface area (Å²) >= 11 is 0. The third kappa shape index (κ3) is 8.13. The van der Waals surface area contributed by atoms with Crippen LogP contribution in [0.1, 0.15) is 19.4 Å². The molecule has 0 saturated heterocycles. The summed E-state index contributed by atoms with van der Waals surface area (Å²) in [5.74, 6) is -2.65. The smallest absolute Gasteiger partial charge is 0.408 e. The number of rotatable bonds is 9. The molecule has 1 atom stereocenters. The minimum Gasteiger partial charge on any atom is -0.480 e. The normalized spacial score (nSPS) is 11.3. The molecule has 0 heterocycles. The molecule has 0 fully saturated rings. The number of carboxylic acid groups (broad SMARTS) is 1. The summed E-state index contributed by atoms with van der Waals surface area (Å²) < 4.78 is 5.07. The first-order chi connectivity index (χ1) is 12.3. The molecule has 0 bridgehead atoms. The molecule has 4 N–H and O–H groups in total. The Labute approximate surface area is 151 Å². The fourth-order valence-electron chi connectivity index (χ4n) is 1.94. The summed E-state index contributed by atoms with van der Waals surface area (Å²) in [6.45, 7) is 2.59. The maximum atomic E-state index is 12.2. The molecule has 1 unspecified atom stereocenters. The molecular weight excluding hydrogens is 342 g/mol. The van der Waals surface area contributed by atoms with Gasteiger partial charge in [-0.2, -0.15) is 0 Å². The van der Waals surface area contributed by atoms with Gasteiger partial charge in [-0.1, -0.05) is 44.2 Å². The van der Waals surface area contributed by atoms with Gasteiger partial charge in [0.2, 0.25) is 11.8 Å². The van der Waals surface area contributed by atoms with Crippen molar-refractivity contribution in [3.8, 4) is 0 Å². The monoisotopic (exact) mass is 365 g/mol. The molecule has 9 nitrogen and oxygen atoms in total. The number of amides is 3. The molecule has 1 aromatic rings. The van der Waals surface area contributed by atoms with Crippen LogP contribution in [0.15, 0.2) is 30.3 Å². The Kier molecular flexibility index (Phi) is 8.62. The Morgan fingerprint density at radius 1 is 1.04 bits per heavy atom. The maximum absolute atomic E-state index is 12.2. The standard InChI is InChI=1S/C17H23N3O6/c1-11(2)15(16(24)19-8-13(21)18-9-14(22)23)20-17(25)26-10-12-6-4-3-5-7-12/h3-7,11,15H,8-10H2,1-2H3,(H,18,21)(H,19,24)(H,20,25)(H,22,23). The van der Waals surface area contributed by atoms with E-state index in [1.54, 1.807) is 26.0 Å². The number of carbonyl (C=O) groups is 4. The molecule has 142 valence electrons. The molecule has 0 saturated carbocycles. The lowest BCUT2D eigenvalue weighted by Crippen LogP contribution is -2.51. The quantitative estimate of drug-likeness (QED) is 0.496. The highest BCUT2D eigenvalue weighted by molar-refractivity contribution is 5.90. The van der Waals surface area contributed by atoms with Crippen molar-refractivity contribution >= 4 is 23.9 Å². The second kappa shape index (κ2) is 10.7. The fourth-order valence-corrected chi connectivity index (χ4v) is 1.94. The first kappa shape index (κ1) is 20.9. The van der Waals surface area contributed by atoms with Crippen LogP contribution in [-0.2, 0) is 25.7 Å². The minimum absolute atomic E-state index is 0.0662. The van der Waals surface area contributed by atoms with Gasteiger partial charge in [0.05, 0.1) is 6.54 Å². The molecule has 9 heteroatoms. The summed E-state index contributed by atoms with van der Waals surface area (Å²) in [7, 11) is 0. The molecule has 0 aromatic heterocycles. The Balaban J connectivity index is 2.45. The van der Waals surface area contributed by atoms with Gasteiger partial charge in [-0.3, -0.25) is 14.4 Å². The summed E-state index contributed by atoms with van der Waals surface area (Å²) in [4.78, 5) is 45.8. The van der Waals surface area contributed by atoms with Gasteiger partial charge in [0.15, 0.2) is 0 Å². The molecule has 1 rings (SSSR count). The molecule has 3 amide bonds. The maximum Gasteiger partial charge on any atom is 0.408 e. The lowest BCUT2D eigenvalue weighted by Gasteiger charge is -2.21. The summed E-state index contributed by atoms with van der Waals surface area (Å²) in [6.07, 6.45) is -0.752. The van der Waals surface area contributed by atoms with Gasteiger partial charge in [0.25, 0.3) is 0 Å². The second-order valence-corrected chi connectivity index (χ2v) is 5.82. The average Bonchev–Trinajstić information content (AvgIpc) is 2.61. The van der Waals surface area contributed by atoms with Crippen LogP contribution in [0, 0.1) is 5.92 Å². The van der Waals surface area contributed by atoms with Crippen LogP contribution in [0.5, 0.6) is 0 Å². The van der Waals surface area contributed by atoms with Crippen molar-refractivity contribution < 1.29 is 29.0 Å². The molecular formula is C17H23N3O6. The third-order valence-electron chi connectivity index (χ3n) is 3.30. The van der Waals surface area contributed by atoms with Gasteiger partial charge in [-0.15, -0.1) is 0 Å². The van der Waals surface area contributed by atoms with E-state index in [0.717, 1.165) is 5.56 Å². The Morgan fingerprint density at radius 3 is 2.27 bits per heavy atom. The zero-order valence-corrected chi connectivity index (χ0v) is 14.7. The highest BCUT2D eigenvalue weighted by atomic mass is 16.5. The highest BCUT2D eigenvalue weighted by Crippen LogP contribution is 2.04. The molecule has 0 aliphatic rings. The van der Waals surface area contributed by atoms with E-state index in [9.17, 15) is 19.2 Å². The number of carbonyl (C=O) groups excluding carboxylic acids is 3. The minimum atomic E-state index is -1.19. The second-order valence-electron chi connectivity index (χ2n) is 5.82. The van der Waals surface area contributed by atoms with E-state index in [2.05, 4.69) is 16.0 Å². The molecule has 1 aromatic carbocycles. The fraction of sp³-hybridized carbons (Fsp3) is 0.412. The molecule has 0 spiro atoms. The topological polar surface area (TPSA) is 134 Å². The van der Waals surface area contributed by atoms with Gasteiger partial charge in [-0.25, -0.2) is 4.79 Å². The number of hydrogen-bond donors (Lipinski definition) is 4. The van der Waals surface area contributed by atoms with Crippen molar-refractivity contribution in [1.29, 1.82) is 0 Å². The number of nitrogens with one attached hydrogen (secondary N) is 3. The predicted octanol–water partition coefficient (Wildman–Crippen LogP) is 0.254. The zero-order valence-electron chi connectivity index (χ0n) is 14.7. The largest absolute Gasteiger partial charge is 0.480 e. The van der Waals surface area contributed by atoms with Crippen LogP contribution < -0.4 is 16.0 Å². The number of alkyl carbamates (subject to hydrolysis) is 1. The van der Waals surface area contributed by atoms with E-state index >= 15 is 0 Å². The van der Waals surface area contributed by atoms with Gasteiger partial charge < -0.3 is 25.8 Å². The van der Waals surface area contributed by atoms with Crippen LogP contribution >= 0.6 is 0 Å². The van der Waals surface area contributed by atoms with Crippen LogP contribution in [0.4, 0.5) is 4.79 Å². The molecule has 0 radical (unpaired) electrons. The Hall–Kier alpha value is -3.10. The number of ether oxygens (including phenoxy) is 1. The van der Waals surface area contributed by atoms with Crippen molar-refractivity contribution in [3.63, 3.8) is 0 Å². The van der Waals surface area contributed by atoms with Crippen molar-refractivity contribution in [2.24, 2.45) is 5.92 Å². The van der Waals surface area contributed by atoms with Gasteiger partial charge >= 0.3 is 12.1 Å². The highest BCUT2D eigenvalue weighted by Gasteiger charge is 2.25. The lowest BCUT2D eigenvalue weighted by molar-refractivity contribution is -0.137. The summed E-state index contributed by atoms with van der Waals surface area (Å²) in [5.41, 5.74) is 0.809. The van der Waals surface area contributed by atoms with Gasteiger partial charge in [-0.05, 0) is 11.5 Å². The Bertz CT molecular complexity index is 633. The first-order valence-electron chi connectivity index (χ1n) is 8.03. The number of hydrogen-bond acceptors (Lipinski definition) is 5. The average molecular weight is 365 g/mol. The Morgan fingerprint density at radius 2 is 1.69 bits per heavy atom. The van der Waals surface area contributed by atoms with Crippen molar-refractivity contribution in [1.82, 2.24) is 16.0 Å². The molecule has 0 aliphatic heterocycles. The van der Waals surface area contributed by atoms with Crippen molar-refractivity contribution in [2.45, 2.75) is 26.5 Å². The van der Waals surface area contributed by atoms with Crippen molar-refractivity contribution in [3.05, 3.63) is 35.9 Å². The van der Waals surface area contributed by atoms with E-state index in [1.807, 2.05) is 18.2 Å². The van der Waals surface area contributed by atoms with Crippen LogP contribution in [0.2, 0.25) is 0 Å². The third-order valence-corrected chi connectivity index (χ3v) is 3.30. The number of carboxylic acids is 1. The van der Waals surface area contributed by atoms with Crippen LogP contribution in [0.3, 0.4) is 0 Å². The SMILES string of the molecule is CC(C)C(NC(=O)OCc1ccccc1)C(=O)NCC(=O)NCC(=O)O. The van der Waals surface area contributed by atoms with E-state index in [1.165, 1.54) is 0 Å². The van der Waals surface area contributed by atoms with Crippen LogP contribution in [0.25, 0.3) is 0 Å². The van der Waals surface area contributed by atoms with Gasteiger partial charge in [0.1, 0.15) is 19.2 Å². The van der Waals surface area contributed by atoms with E-state index < -0.39 is 43.0 Å².